The SMILES string of the molecule is CC(C)CNC(=O)NCC(C)(C)N1CC(C)OC(C)C1. The zero-order valence-corrected chi connectivity index (χ0v) is 13.8. The van der Waals surface area contributed by atoms with Crippen molar-refractivity contribution in [3.63, 3.8) is 0 Å². The third-order valence-electron chi connectivity index (χ3n) is 3.63. The summed E-state index contributed by atoms with van der Waals surface area (Å²) in [4.78, 5) is 14.1. The van der Waals surface area contributed by atoms with Gasteiger partial charge in [-0.15, -0.1) is 0 Å². The lowest BCUT2D eigenvalue weighted by molar-refractivity contribution is -0.0947. The van der Waals surface area contributed by atoms with Crippen LogP contribution in [0.3, 0.4) is 0 Å². The molecule has 5 nitrogen and oxygen atoms in total. The fourth-order valence-corrected chi connectivity index (χ4v) is 2.44. The average Bonchev–Trinajstić information content (AvgIpc) is 2.32. The number of hydrogen-bond donors (Lipinski definition) is 2. The predicted octanol–water partition coefficient (Wildman–Crippen LogP) is 1.83. The van der Waals surface area contributed by atoms with Gasteiger partial charge in [-0.05, 0) is 33.6 Å². The number of carbonyl (C=O) groups is 1. The van der Waals surface area contributed by atoms with Crippen LogP contribution in [-0.4, -0.2) is 54.9 Å². The van der Waals surface area contributed by atoms with Gasteiger partial charge in [0.25, 0.3) is 0 Å². The van der Waals surface area contributed by atoms with E-state index >= 15 is 0 Å². The molecule has 1 heterocycles. The molecule has 1 aliphatic rings. The normalized spacial score (nSPS) is 24.8. The van der Waals surface area contributed by atoms with E-state index in [0.717, 1.165) is 13.1 Å². The molecule has 20 heavy (non-hydrogen) atoms. The lowest BCUT2D eigenvalue weighted by Crippen LogP contribution is -2.59. The van der Waals surface area contributed by atoms with E-state index in [2.05, 4.69) is 57.1 Å². The summed E-state index contributed by atoms with van der Waals surface area (Å²) in [5.74, 6) is 0.467. The Morgan fingerprint density at radius 2 is 1.80 bits per heavy atom. The first-order valence-corrected chi connectivity index (χ1v) is 7.63. The van der Waals surface area contributed by atoms with Gasteiger partial charge >= 0.3 is 6.03 Å². The standard InChI is InChI=1S/C15H31N3O2/c1-11(2)7-16-14(19)17-10-15(5,6)18-8-12(3)20-13(4)9-18/h11-13H,7-10H2,1-6H3,(H2,16,17,19). The van der Waals surface area contributed by atoms with Gasteiger partial charge in [-0.1, -0.05) is 13.8 Å². The van der Waals surface area contributed by atoms with E-state index in [0.29, 0.717) is 19.0 Å². The molecule has 2 amide bonds. The number of carbonyl (C=O) groups excluding carboxylic acids is 1. The van der Waals surface area contributed by atoms with Crippen LogP contribution in [0.25, 0.3) is 0 Å². The largest absolute Gasteiger partial charge is 0.373 e. The second-order valence-electron chi connectivity index (χ2n) is 6.93. The van der Waals surface area contributed by atoms with Gasteiger partial charge in [0.2, 0.25) is 0 Å². The molecule has 5 heteroatoms. The van der Waals surface area contributed by atoms with E-state index in [1.165, 1.54) is 0 Å². The second kappa shape index (κ2) is 7.27. The van der Waals surface area contributed by atoms with E-state index in [1.54, 1.807) is 0 Å². The molecule has 0 aromatic heterocycles. The highest BCUT2D eigenvalue weighted by Gasteiger charge is 2.33. The number of amides is 2. The topological polar surface area (TPSA) is 53.6 Å². The van der Waals surface area contributed by atoms with Crippen LogP contribution in [0.5, 0.6) is 0 Å². The lowest BCUT2D eigenvalue weighted by Gasteiger charge is -2.45. The molecule has 0 aliphatic carbocycles. The summed E-state index contributed by atoms with van der Waals surface area (Å²) < 4.78 is 5.76. The Labute approximate surface area is 123 Å². The van der Waals surface area contributed by atoms with Crippen molar-refractivity contribution >= 4 is 6.03 Å². The van der Waals surface area contributed by atoms with Crippen molar-refractivity contribution in [1.29, 1.82) is 0 Å². The van der Waals surface area contributed by atoms with Crippen LogP contribution in [0.1, 0.15) is 41.5 Å². The van der Waals surface area contributed by atoms with Crippen LogP contribution in [0.15, 0.2) is 0 Å². The van der Waals surface area contributed by atoms with Gasteiger partial charge in [-0.3, -0.25) is 4.90 Å². The van der Waals surface area contributed by atoms with Gasteiger partial charge in [0, 0.05) is 31.7 Å². The van der Waals surface area contributed by atoms with E-state index in [-0.39, 0.29) is 23.8 Å². The van der Waals surface area contributed by atoms with Gasteiger partial charge in [0.1, 0.15) is 0 Å². The predicted molar refractivity (Wildman–Crippen MR) is 81.9 cm³/mol. The van der Waals surface area contributed by atoms with Crippen molar-refractivity contribution in [3.05, 3.63) is 0 Å². The number of hydrogen-bond acceptors (Lipinski definition) is 3. The minimum absolute atomic E-state index is 0.0680. The van der Waals surface area contributed by atoms with Crippen molar-refractivity contribution in [1.82, 2.24) is 15.5 Å². The maximum absolute atomic E-state index is 11.7. The van der Waals surface area contributed by atoms with E-state index in [4.69, 9.17) is 4.74 Å². The molecule has 0 aromatic carbocycles. The minimum atomic E-state index is -0.0823. The smallest absolute Gasteiger partial charge is 0.314 e. The first kappa shape index (κ1) is 17.2. The van der Waals surface area contributed by atoms with Crippen molar-refractivity contribution in [2.75, 3.05) is 26.2 Å². The molecular formula is C15H31N3O2. The molecule has 0 radical (unpaired) electrons. The Morgan fingerprint density at radius 1 is 1.25 bits per heavy atom. The van der Waals surface area contributed by atoms with Crippen LogP contribution in [0.2, 0.25) is 0 Å². The molecule has 0 aromatic rings. The highest BCUT2D eigenvalue weighted by Crippen LogP contribution is 2.20. The van der Waals surface area contributed by atoms with Crippen LogP contribution in [0.4, 0.5) is 4.79 Å². The number of rotatable bonds is 5. The maximum Gasteiger partial charge on any atom is 0.314 e. The molecule has 1 aliphatic heterocycles. The zero-order valence-electron chi connectivity index (χ0n) is 13.8. The minimum Gasteiger partial charge on any atom is -0.373 e. The Morgan fingerprint density at radius 3 is 2.30 bits per heavy atom. The van der Waals surface area contributed by atoms with Gasteiger partial charge in [0.05, 0.1) is 12.2 Å². The van der Waals surface area contributed by atoms with Crippen molar-refractivity contribution < 1.29 is 9.53 Å². The molecule has 1 rings (SSSR count). The molecular weight excluding hydrogens is 254 g/mol. The van der Waals surface area contributed by atoms with Crippen LogP contribution in [0, 0.1) is 5.92 Å². The van der Waals surface area contributed by atoms with E-state index in [1.807, 2.05) is 0 Å². The van der Waals surface area contributed by atoms with Gasteiger partial charge in [-0.25, -0.2) is 4.79 Å². The van der Waals surface area contributed by atoms with Gasteiger partial charge in [-0.2, -0.15) is 0 Å². The number of ether oxygens (including phenoxy) is 1. The summed E-state index contributed by atoms with van der Waals surface area (Å²) in [7, 11) is 0. The summed E-state index contributed by atoms with van der Waals surface area (Å²) in [5.41, 5.74) is -0.0680. The molecule has 2 N–H and O–H groups in total. The molecule has 0 spiro atoms. The quantitative estimate of drug-likeness (QED) is 0.810. The van der Waals surface area contributed by atoms with Crippen LogP contribution < -0.4 is 10.6 Å². The van der Waals surface area contributed by atoms with Crippen molar-refractivity contribution in [2.45, 2.75) is 59.3 Å². The zero-order chi connectivity index (χ0) is 15.3. The maximum atomic E-state index is 11.7. The van der Waals surface area contributed by atoms with E-state index in [9.17, 15) is 4.79 Å². The molecule has 118 valence electrons. The highest BCUT2D eigenvalue weighted by atomic mass is 16.5. The summed E-state index contributed by atoms with van der Waals surface area (Å²) in [6.45, 7) is 15.9. The second-order valence-corrected chi connectivity index (χ2v) is 6.93. The number of morpholine rings is 1. The molecule has 1 saturated heterocycles. The summed E-state index contributed by atoms with van der Waals surface area (Å²) in [5, 5.41) is 5.85. The van der Waals surface area contributed by atoms with Gasteiger partial charge in [0.15, 0.2) is 0 Å². The highest BCUT2D eigenvalue weighted by molar-refractivity contribution is 5.73. The number of urea groups is 1. The summed E-state index contributed by atoms with van der Waals surface area (Å²) >= 11 is 0. The van der Waals surface area contributed by atoms with Crippen LogP contribution in [-0.2, 0) is 4.74 Å². The molecule has 0 bridgehead atoms. The molecule has 1 fully saturated rings. The Hall–Kier alpha value is -0.810. The number of nitrogens with zero attached hydrogens (tertiary/aromatic N) is 1. The fraction of sp³-hybridized carbons (Fsp3) is 0.933. The molecule has 2 atom stereocenters. The Kier molecular flexibility index (Phi) is 6.27. The third-order valence-corrected chi connectivity index (χ3v) is 3.63. The monoisotopic (exact) mass is 285 g/mol. The van der Waals surface area contributed by atoms with Crippen LogP contribution >= 0.6 is 0 Å². The first-order valence-electron chi connectivity index (χ1n) is 7.63. The first-order chi connectivity index (χ1) is 9.20. The summed E-state index contributed by atoms with van der Waals surface area (Å²) in [6, 6.07) is -0.0823. The fourth-order valence-electron chi connectivity index (χ4n) is 2.44. The molecule has 2 unspecified atom stereocenters. The number of nitrogens with one attached hydrogen (secondary N) is 2. The van der Waals surface area contributed by atoms with Gasteiger partial charge < -0.3 is 15.4 Å². The van der Waals surface area contributed by atoms with Crippen molar-refractivity contribution in [2.24, 2.45) is 5.92 Å². The Bertz CT molecular complexity index is 308. The van der Waals surface area contributed by atoms with E-state index < -0.39 is 0 Å². The average molecular weight is 285 g/mol. The lowest BCUT2D eigenvalue weighted by atomic mass is 10.00. The Balaban J connectivity index is 2.42. The molecule has 0 saturated carbocycles. The summed E-state index contributed by atoms with van der Waals surface area (Å²) in [6.07, 6.45) is 0.487. The van der Waals surface area contributed by atoms with Crippen molar-refractivity contribution in [3.8, 4) is 0 Å². The third kappa shape index (κ3) is 5.67.